The van der Waals surface area contributed by atoms with Gasteiger partial charge in [-0.1, -0.05) is 0 Å². The number of fused-ring (bicyclic) bond motifs is 1. The zero-order valence-corrected chi connectivity index (χ0v) is 13.3. The van der Waals surface area contributed by atoms with E-state index >= 15 is 0 Å². The number of halogens is 1. The maximum absolute atomic E-state index is 12.0. The van der Waals surface area contributed by atoms with Gasteiger partial charge in [-0.2, -0.15) is 0 Å². The number of hydrogen-bond donors (Lipinski definition) is 3. The lowest BCUT2D eigenvalue weighted by atomic mass is 10.2. The predicted octanol–water partition coefficient (Wildman–Crippen LogP) is 2.15. The minimum atomic E-state index is -0.185. The number of carbonyl (C=O) groups excluding carboxylic acids is 1. The van der Waals surface area contributed by atoms with Crippen LogP contribution in [-0.2, 0) is 4.79 Å². The average Bonchev–Trinajstić information content (AvgIpc) is 3.16. The quantitative estimate of drug-likeness (QED) is 0.734. The van der Waals surface area contributed by atoms with Crippen molar-refractivity contribution in [3.63, 3.8) is 0 Å². The fraction of sp³-hybridized carbons (Fsp3) is 0.267. The Morgan fingerprint density at radius 2 is 2.32 bits per heavy atom. The molecule has 3 N–H and O–H groups in total. The Balaban J connectivity index is 1.62. The second-order valence-corrected chi connectivity index (χ2v) is 6.48. The molecule has 0 bridgehead atoms. The highest BCUT2D eigenvalue weighted by molar-refractivity contribution is 9.10. The summed E-state index contributed by atoms with van der Waals surface area (Å²) in [5, 5.41) is 6.88. The summed E-state index contributed by atoms with van der Waals surface area (Å²) in [5.74, 6) is 1.09. The Labute approximate surface area is 135 Å². The molecule has 0 radical (unpaired) electrons. The Morgan fingerprint density at radius 1 is 1.45 bits per heavy atom. The molecule has 2 aliphatic rings. The van der Waals surface area contributed by atoms with E-state index in [4.69, 9.17) is 0 Å². The lowest BCUT2D eigenvalue weighted by Crippen LogP contribution is -2.37. The van der Waals surface area contributed by atoms with Crippen LogP contribution in [-0.4, -0.2) is 28.4 Å². The number of H-pyrrole nitrogens is 1. The van der Waals surface area contributed by atoms with E-state index < -0.39 is 0 Å². The monoisotopic (exact) mass is 359 g/mol. The lowest BCUT2D eigenvalue weighted by Gasteiger charge is -2.02. The summed E-state index contributed by atoms with van der Waals surface area (Å²) < 4.78 is 0.894. The van der Waals surface area contributed by atoms with E-state index in [1.807, 2.05) is 12.3 Å². The van der Waals surface area contributed by atoms with Crippen molar-refractivity contribution in [1.82, 2.24) is 20.6 Å². The van der Waals surface area contributed by atoms with Crippen LogP contribution in [0.25, 0.3) is 17.1 Å². The molecule has 7 heteroatoms. The Bertz CT molecular complexity index is 818. The predicted molar refractivity (Wildman–Crippen MR) is 88.1 cm³/mol. The smallest absolute Gasteiger partial charge is 0.276 e. The van der Waals surface area contributed by atoms with Gasteiger partial charge in [-0.3, -0.25) is 10.1 Å². The maximum atomic E-state index is 12.0. The minimum absolute atomic E-state index is 0.185. The third kappa shape index (κ3) is 2.64. The van der Waals surface area contributed by atoms with Gasteiger partial charge in [0, 0.05) is 34.4 Å². The molecule has 3 heterocycles. The summed E-state index contributed by atoms with van der Waals surface area (Å²) in [5.41, 5.74) is 2.07. The highest BCUT2D eigenvalue weighted by Gasteiger charge is 2.24. The van der Waals surface area contributed by atoms with Crippen molar-refractivity contribution >= 4 is 44.9 Å². The van der Waals surface area contributed by atoms with Gasteiger partial charge in [-0.25, -0.2) is 9.98 Å². The van der Waals surface area contributed by atoms with Crippen LogP contribution >= 0.6 is 15.9 Å². The van der Waals surface area contributed by atoms with Crippen molar-refractivity contribution in [3.05, 3.63) is 34.2 Å². The molecule has 112 valence electrons. The summed E-state index contributed by atoms with van der Waals surface area (Å²) in [6, 6.07) is 1.97. The zero-order valence-electron chi connectivity index (χ0n) is 11.7. The van der Waals surface area contributed by atoms with Crippen LogP contribution in [0.4, 0.5) is 0 Å². The van der Waals surface area contributed by atoms with E-state index in [0.29, 0.717) is 11.7 Å². The first kappa shape index (κ1) is 13.5. The van der Waals surface area contributed by atoms with Crippen LogP contribution in [0.5, 0.6) is 0 Å². The zero-order chi connectivity index (χ0) is 15.1. The van der Waals surface area contributed by atoms with Gasteiger partial charge in [0.15, 0.2) is 0 Å². The molecule has 2 aromatic heterocycles. The van der Waals surface area contributed by atoms with Crippen LogP contribution in [0.2, 0.25) is 0 Å². The van der Waals surface area contributed by atoms with Gasteiger partial charge >= 0.3 is 0 Å². The molecular formula is C15H14BrN5O. The van der Waals surface area contributed by atoms with Crippen molar-refractivity contribution in [3.8, 4) is 0 Å². The fourth-order valence-corrected chi connectivity index (χ4v) is 2.71. The minimum Gasteiger partial charge on any atom is -0.355 e. The number of nitrogens with zero attached hydrogens (tertiary/aromatic N) is 2. The molecule has 0 unspecified atom stereocenters. The Hall–Kier alpha value is -2.15. The van der Waals surface area contributed by atoms with E-state index in [2.05, 4.69) is 41.5 Å². The lowest BCUT2D eigenvalue weighted by molar-refractivity contribution is -0.115. The van der Waals surface area contributed by atoms with Crippen LogP contribution in [0.1, 0.15) is 18.4 Å². The van der Waals surface area contributed by atoms with Crippen LogP contribution in [0, 0.1) is 5.92 Å². The van der Waals surface area contributed by atoms with Gasteiger partial charge < -0.3 is 10.3 Å². The Morgan fingerprint density at radius 3 is 3.14 bits per heavy atom. The molecule has 1 amide bonds. The molecule has 1 saturated carbocycles. The topological polar surface area (TPSA) is 82.2 Å². The van der Waals surface area contributed by atoms with Gasteiger partial charge in [-0.05, 0) is 46.8 Å². The summed E-state index contributed by atoms with van der Waals surface area (Å²) in [7, 11) is 0. The fourth-order valence-electron chi connectivity index (χ4n) is 2.38. The van der Waals surface area contributed by atoms with Crippen molar-refractivity contribution in [2.45, 2.75) is 12.8 Å². The summed E-state index contributed by atoms with van der Waals surface area (Å²) in [4.78, 5) is 23.7. The molecular weight excluding hydrogens is 346 g/mol. The van der Waals surface area contributed by atoms with Gasteiger partial charge in [0.05, 0.1) is 0 Å². The molecule has 1 aliphatic heterocycles. The van der Waals surface area contributed by atoms with E-state index in [0.717, 1.165) is 33.5 Å². The Kier molecular flexibility index (Phi) is 3.22. The van der Waals surface area contributed by atoms with Crippen molar-refractivity contribution in [2.24, 2.45) is 10.9 Å². The highest BCUT2D eigenvalue weighted by atomic mass is 79.9. The first-order valence-corrected chi connectivity index (χ1v) is 7.96. The number of nitrogens with one attached hydrogen (secondary N) is 3. The van der Waals surface area contributed by atoms with Crippen LogP contribution < -0.4 is 10.6 Å². The number of guanidine groups is 1. The van der Waals surface area contributed by atoms with Gasteiger partial charge in [0.25, 0.3) is 5.91 Å². The molecule has 0 saturated heterocycles. The number of aromatic nitrogens is 2. The van der Waals surface area contributed by atoms with E-state index in [-0.39, 0.29) is 5.91 Å². The van der Waals surface area contributed by atoms with Crippen LogP contribution in [0.15, 0.2) is 33.6 Å². The van der Waals surface area contributed by atoms with Gasteiger partial charge in [0.2, 0.25) is 5.96 Å². The molecule has 22 heavy (non-hydrogen) atoms. The maximum Gasteiger partial charge on any atom is 0.276 e. The molecule has 6 nitrogen and oxygen atoms in total. The SMILES string of the molecule is O=C1NC(NCC2CC2)=N/C1=C\c1c[nH]c2ncc(Br)cc12. The summed E-state index contributed by atoms with van der Waals surface area (Å²) >= 11 is 3.41. The number of amides is 1. The van der Waals surface area contributed by atoms with E-state index in [1.165, 1.54) is 12.8 Å². The average molecular weight is 360 g/mol. The summed E-state index contributed by atoms with van der Waals surface area (Å²) in [6.07, 6.45) is 7.85. The normalized spacial score (nSPS) is 19.6. The second kappa shape index (κ2) is 5.24. The standard InChI is InChI=1S/C15H14BrN5O/c16-10-4-11-9(6-17-13(11)18-7-10)3-12-14(22)21-15(20-12)19-5-8-1-2-8/h3-4,6-8H,1-2,5H2,(H,17,18)(H2,19,20,21,22)/b12-3-. The molecule has 0 atom stereocenters. The number of aliphatic imine (C=N–C) groups is 1. The first-order valence-electron chi connectivity index (χ1n) is 7.17. The number of rotatable bonds is 3. The third-order valence-electron chi connectivity index (χ3n) is 3.77. The second-order valence-electron chi connectivity index (χ2n) is 5.56. The van der Waals surface area contributed by atoms with Crippen molar-refractivity contribution < 1.29 is 4.79 Å². The van der Waals surface area contributed by atoms with Gasteiger partial charge in [-0.15, -0.1) is 0 Å². The number of pyridine rings is 1. The molecule has 1 aliphatic carbocycles. The van der Waals surface area contributed by atoms with Crippen molar-refractivity contribution in [2.75, 3.05) is 6.54 Å². The summed E-state index contributed by atoms with van der Waals surface area (Å²) in [6.45, 7) is 0.871. The molecule has 1 fully saturated rings. The third-order valence-corrected chi connectivity index (χ3v) is 4.21. The first-order chi connectivity index (χ1) is 10.7. The number of hydrogen-bond acceptors (Lipinski definition) is 4. The molecule has 0 spiro atoms. The van der Waals surface area contributed by atoms with Crippen molar-refractivity contribution in [1.29, 1.82) is 0 Å². The highest BCUT2D eigenvalue weighted by Crippen LogP contribution is 2.27. The number of aromatic amines is 1. The molecule has 4 rings (SSSR count). The molecule has 2 aromatic rings. The van der Waals surface area contributed by atoms with Crippen LogP contribution in [0.3, 0.4) is 0 Å². The largest absolute Gasteiger partial charge is 0.355 e. The van der Waals surface area contributed by atoms with E-state index in [9.17, 15) is 4.79 Å². The number of carbonyl (C=O) groups is 1. The van der Waals surface area contributed by atoms with E-state index in [1.54, 1.807) is 12.3 Å². The molecule has 0 aromatic carbocycles. The van der Waals surface area contributed by atoms with Gasteiger partial charge in [0.1, 0.15) is 11.3 Å².